The smallest absolute Gasteiger partial charge is 0.256 e. The van der Waals surface area contributed by atoms with E-state index in [1.807, 2.05) is 48.7 Å². The van der Waals surface area contributed by atoms with E-state index in [4.69, 9.17) is 9.84 Å². The molecule has 0 atom stereocenters. The van der Waals surface area contributed by atoms with Crippen LogP contribution in [0, 0.1) is 6.92 Å². The molecule has 0 spiro atoms. The fraction of sp³-hybridized carbons (Fsp3) is 0.158. The number of aryl methyl sites for hydroxylation is 1. The zero-order chi connectivity index (χ0) is 20.0. The summed E-state index contributed by atoms with van der Waals surface area (Å²) in [6, 6.07) is 11.1. The number of hydrogen-bond donors (Lipinski definition) is 2. The summed E-state index contributed by atoms with van der Waals surface area (Å²) < 4.78 is 33.0. The van der Waals surface area contributed by atoms with E-state index in [0.717, 1.165) is 15.8 Å². The number of benzene rings is 1. The summed E-state index contributed by atoms with van der Waals surface area (Å²) in [5.41, 5.74) is 2.16. The van der Waals surface area contributed by atoms with E-state index in [1.54, 1.807) is 0 Å². The number of sulfonamides is 1. The molecule has 2 heterocycles. The third-order valence-electron chi connectivity index (χ3n) is 3.68. The van der Waals surface area contributed by atoms with Crippen LogP contribution >= 0.6 is 11.3 Å². The molecule has 0 saturated heterocycles. The summed E-state index contributed by atoms with van der Waals surface area (Å²) in [5, 5.41) is 12.0. The molecule has 2 N–H and O–H groups in total. The predicted octanol–water partition coefficient (Wildman–Crippen LogP) is 3.30. The zero-order valence-corrected chi connectivity index (χ0v) is 16.7. The van der Waals surface area contributed by atoms with Crippen molar-refractivity contribution in [2.75, 3.05) is 17.9 Å². The molecule has 9 heteroatoms. The van der Waals surface area contributed by atoms with Crippen LogP contribution in [0.4, 0.5) is 5.82 Å². The molecule has 0 aliphatic rings. The average molecular weight is 418 g/mol. The minimum absolute atomic E-state index is 0.0281. The second-order valence-corrected chi connectivity index (χ2v) is 8.35. The van der Waals surface area contributed by atoms with Crippen molar-refractivity contribution in [2.45, 2.75) is 6.92 Å². The predicted molar refractivity (Wildman–Crippen MR) is 111 cm³/mol. The van der Waals surface area contributed by atoms with Gasteiger partial charge in [-0.05, 0) is 30.0 Å². The zero-order valence-electron chi connectivity index (χ0n) is 15.1. The third kappa shape index (κ3) is 5.16. The second kappa shape index (κ2) is 8.96. The molecule has 0 aliphatic carbocycles. The molecule has 0 bridgehead atoms. The first kappa shape index (κ1) is 20.0. The fourth-order valence-corrected chi connectivity index (χ4v) is 3.91. The normalized spacial score (nSPS) is 11.6. The Morgan fingerprint density at radius 3 is 2.68 bits per heavy atom. The molecule has 0 aliphatic heterocycles. The first-order valence-corrected chi connectivity index (χ1v) is 10.8. The summed E-state index contributed by atoms with van der Waals surface area (Å²) in [4.78, 5) is 9.02. The van der Waals surface area contributed by atoms with E-state index in [-0.39, 0.29) is 24.9 Å². The first-order valence-electron chi connectivity index (χ1n) is 8.38. The number of aliphatic hydroxyl groups excluding tert-OH is 1. The Morgan fingerprint density at radius 2 is 2.00 bits per heavy atom. The monoisotopic (exact) mass is 417 g/mol. The minimum atomic E-state index is -3.81. The van der Waals surface area contributed by atoms with Crippen LogP contribution in [-0.4, -0.2) is 36.7 Å². The van der Waals surface area contributed by atoms with Crippen molar-refractivity contribution in [3.63, 3.8) is 0 Å². The van der Waals surface area contributed by atoms with Gasteiger partial charge >= 0.3 is 0 Å². The summed E-state index contributed by atoms with van der Waals surface area (Å²) >= 11 is 1.43. The molecule has 0 radical (unpaired) electrons. The Morgan fingerprint density at radius 1 is 1.21 bits per heavy atom. The van der Waals surface area contributed by atoms with Gasteiger partial charge < -0.3 is 9.84 Å². The molecule has 3 rings (SSSR count). The van der Waals surface area contributed by atoms with Crippen LogP contribution in [0.3, 0.4) is 0 Å². The van der Waals surface area contributed by atoms with Crippen molar-refractivity contribution in [3.05, 3.63) is 64.0 Å². The van der Waals surface area contributed by atoms with E-state index in [9.17, 15) is 8.42 Å². The lowest BCUT2D eigenvalue weighted by Crippen LogP contribution is -2.13. The summed E-state index contributed by atoms with van der Waals surface area (Å²) in [5.74, 6) is 0.287. The van der Waals surface area contributed by atoms with Gasteiger partial charge in [0.15, 0.2) is 5.82 Å². The van der Waals surface area contributed by atoms with E-state index in [1.165, 1.54) is 23.7 Å². The SMILES string of the molecule is Cc1ccc(-c2c(NS(=O)(=O)/C=C/c3cccs3)ncnc2OCCO)cc1. The molecule has 3 aromatic rings. The molecule has 0 saturated carbocycles. The number of aromatic nitrogens is 2. The van der Waals surface area contributed by atoms with Crippen LogP contribution in [0.15, 0.2) is 53.5 Å². The average Bonchev–Trinajstić information content (AvgIpc) is 3.19. The summed E-state index contributed by atoms with van der Waals surface area (Å²) in [7, 11) is -3.81. The Kier molecular flexibility index (Phi) is 6.40. The van der Waals surface area contributed by atoms with Gasteiger partial charge in [0.05, 0.1) is 17.6 Å². The van der Waals surface area contributed by atoms with Gasteiger partial charge in [0.1, 0.15) is 12.9 Å². The number of aliphatic hydroxyl groups is 1. The van der Waals surface area contributed by atoms with E-state index >= 15 is 0 Å². The second-order valence-electron chi connectivity index (χ2n) is 5.81. The van der Waals surface area contributed by atoms with Crippen molar-refractivity contribution in [3.8, 4) is 17.0 Å². The topological polar surface area (TPSA) is 101 Å². The number of nitrogens with zero attached hydrogens (tertiary/aromatic N) is 2. The number of rotatable bonds is 8. The fourth-order valence-electron chi connectivity index (χ4n) is 2.39. The van der Waals surface area contributed by atoms with Crippen molar-refractivity contribution in [2.24, 2.45) is 0 Å². The maximum absolute atomic E-state index is 12.5. The maximum Gasteiger partial charge on any atom is 0.256 e. The van der Waals surface area contributed by atoms with Crippen LogP contribution in [0.25, 0.3) is 17.2 Å². The Bertz CT molecular complexity index is 1050. The molecular formula is C19H19N3O4S2. The number of anilines is 1. The van der Waals surface area contributed by atoms with E-state index in [2.05, 4.69) is 14.7 Å². The Balaban J connectivity index is 1.98. The molecule has 28 heavy (non-hydrogen) atoms. The standard InChI is InChI=1S/C19H19N3O4S2/c1-14-4-6-15(7-5-14)17-18(20-13-21-19(17)26-10-9-23)22-28(24,25)12-8-16-3-2-11-27-16/h2-8,11-13,23H,9-10H2,1H3,(H,20,21,22)/b12-8+. The van der Waals surface area contributed by atoms with Crippen molar-refractivity contribution in [1.82, 2.24) is 9.97 Å². The molecular weight excluding hydrogens is 398 g/mol. The Hall–Kier alpha value is -2.75. The van der Waals surface area contributed by atoms with Gasteiger partial charge in [-0.15, -0.1) is 11.3 Å². The summed E-state index contributed by atoms with van der Waals surface area (Å²) in [6.07, 6.45) is 2.73. The summed E-state index contributed by atoms with van der Waals surface area (Å²) in [6.45, 7) is 1.79. The molecule has 7 nitrogen and oxygen atoms in total. The number of hydrogen-bond acceptors (Lipinski definition) is 7. The van der Waals surface area contributed by atoms with E-state index < -0.39 is 10.0 Å². The highest BCUT2D eigenvalue weighted by molar-refractivity contribution is 7.95. The third-order valence-corrected chi connectivity index (χ3v) is 5.49. The van der Waals surface area contributed by atoms with Crippen LogP contribution < -0.4 is 9.46 Å². The molecule has 1 aromatic carbocycles. The van der Waals surface area contributed by atoms with Crippen molar-refractivity contribution >= 4 is 33.3 Å². The highest BCUT2D eigenvalue weighted by Gasteiger charge is 2.18. The molecule has 0 amide bonds. The van der Waals surface area contributed by atoms with Gasteiger partial charge in [-0.25, -0.2) is 18.4 Å². The maximum atomic E-state index is 12.5. The lowest BCUT2D eigenvalue weighted by molar-refractivity contribution is 0.197. The highest BCUT2D eigenvalue weighted by Crippen LogP contribution is 2.34. The minimum Gasteiger partial charge on any atom is -0.475 e. The van der Waals surface area contributed by atoms with Gasteiger partial charge in [-0.1, -0.05) is 35.9 Å². The van der Waals surface area contributed by atoms with E-state index in [0.29, 0.717) is 11.1 Å². The van der Waals surface area contributed by atoms with Gasteiger partial charge in [0.2, 0.25) is 5.88 Å². The lowest BCUT2D eigenvalue weighted by atomic mass is 10.1. The van der Waals surface area contributed by atoms with Gasteiger partial charge in [-0.2, -0.15) is 0 Å². The van der Waals surface area contributed by atoms with Crippen LogP contribution in [0.1, 0.15) is 10.4 Å². The first-order chi connectivity index (χ1) is 13.5. The molecule has 0 unspecified atom stereocenters. The highest BCUT2D eigenvalue weighted by atomic mass is 32.2. The lowest BCUT2D eigenvalue weighted by Gasteiger charge is -2.14. The quantitative estimate of drug-likeness (QED) is 0.583. The number of thiophene rings is 1. The van der Waals surface area contributed by atoms with Gasteiger partial charge in [0.25, 0.3) is 10.0 Å². The van der Waals surface area contributed by atoms with Crippen LogP contribution in [0.5, 0.6) is 5.88 Å². The van der Waals surface area contributed by atoms with Crippen molar-refractivity contribution in [1.29, 1.82) is 0 Å². The number of ether oxygens (including phenoxy) is 1. The van der Waals surface area contributed by atoms with Crippen LogP contribution in [-0.2, 0) is 10.0 Å². The van der Waals surface area contributed by atoms with Gasteiger partial charge in [0, 0.05) is 4.88 Å². The molecule has 2 aromatic heterocycles. The Labute approximate surface area is 167 Å². The molecule has 0 fully saturated rings. The van der Waals surface area contributed by atoms with Crippen molar-refractivity contribution < 1.29 is 18.3 Å². The number of nitrogens with one attached hydrogen (secondary N) is 1. The van der Waals surface area contributed by atoms with Crippen LogP contribution in [0.2, 0.25) is 0 Å². The largest absolute Gasteiger partial charge is 0.475 e. The van der Waals surface area contributed by atoms with Gasteiger partial charge in [-0.3, -0.25) is 4.72 Å². The molecule has 146 valence electrons.